The predicted molar refractivity (Wildman–Crippen MR) is 52.4 cm³/mol. The molecule has 1 heterocycles. The number of ether oxygens (including phenoxy) is 1. The summed E-state index contributed by atoms with van der Waals surface area (Å²) in [6.45, 7) is 5.01. The van der Waals surface area contributed by atoms with Crippen LogP contribution in [0.4, 0.5) is 0 Å². The lowest BCUT2D eigenvalue weighted by Gasteiger charge is -2.19. The van der Waals surface area contributed by atoms with E-state index in [0.717, 1.165) is 6.42 Å². The molecule has 0 spiro atoms. The number of unbranched alkanes of at least 4 members (excludes halogenated alkanes) is 3. The second kappa shape index (κ2) is 4.64. The monoisotopic (exact) mass is 184 g/mol. The molecule has 2 heteroatoms. The third kappa shape index (κ3) is 3.37. The minimum Gasteiger partial charge on any atom is -0.465 e. The summed E-state index contributed by atoms with van der Waals surface area (Å²) in [7, 11) is 0. The van der Waals surface area contributed by atoms with E-state index in [0.29, 0.717) is 13.0 Å². The van der Waals surface area contributed by atoms with E-state index in [2.05, 4.69) is 13.8 Å². The molecule has 13 heavy (non-hydrogen) atoms. The summed E-state index contributed by atoms with van der Waals surface area (Å²) in [5, 5.41) is 0. The van der Waals surface area contributed by atoms with Gasteiger partial charge in [0, 0.05) is 5.41 Å². The van der Waals surface area contributed by atoms with Crippen LogP contribution in [0.25, 0.3) is 0 Å². The number of hydrogen-bond donors (Lipinski definition) is 0. The first-order chi connectivity index (χ1) is 6.16. The van der Waals surface area contributed by atoms with Crippen LogP contribution in [0.1, 0.15) is 52.4 Å². The highest BCUT2D eigenvalue weighted by Crippen LogP contribution is 2.34. The lowest BCUT2D eigenvalue weighted by molar-refractivity contribution is -0.137. The summed E-state index contributed by atoms with van der Waals surface area (Å²) < 4.78 is 4.99. The fourth-order valence-electron chi connectivity index (χ4n) is 1.84. The fourth-order valence-corrected chi connectivity index (χ4v) is 1.84. The van der Waals surface area contributed by atoms with Crippen LogP contribution in [0.2, 0.25) is 0 Å². The SMILES string of the molecule is CCCCCCC1(C)COC(=O)C1. The number of esters is 1. The highest BCUT2D eigenvalue weighted by atomic mass is 16.5. The van der Waals surface area contributed by atoms with Gasteiger partial charge in [-0.2, -0.15) is 0 Å². The van der Waals surface area contributed by atoms with Crippen LogP contribution in [0.3, 0.4) is 0 Å². The first-order valence-corrected chi connectivity index (χ1v) is 5.32. The van der Waals surface area contributed by atoms with Crippen LogP contribution in [-0.4, -0.2) is 12.6 Å². The molecule has 0 aromatic rings. The zero-order chi connectivity index (χ0) is 9.73. The molecule has 0 bridgehead atoms. The maximum Gasteiger partial charge on any atom is 0.306 e. The van der Waals surface area contributed by atoms with Gasteiger partial charge in [-0.3, -0.25) is 4.79 Å². The summed E-state index contributed by atoms with van der Waals surface area (Å²) in [4.78, 5) is 10.9. The summed E-state index contributed by atoms with van der Waals surface area (Å²) >= 11 is 0. The van der Waals surface area contributed by atoms with Crippen LogP contribution >= 0.6 is 0 Å². The molecule has 0 amide bonds. The van der Waals surface area contributed by atoms with E-state index in [9.17, 15) is 4.79 Å². The van der Waals surface area contributed by atoms with E-state index in [1.165, 1.54) is 25.7 Å². The fraction of sp³-hybridized carbons (Fsp3) is 0.909. The van der Waals surface area contributed by atoms with Crippen molar-refractivity contribution in [3.8, 4) is 0 Å². The Morgan fingerprint density at radius 1 is 1.38 bits per heavy atom. The molecule has 1 atom stereocenters. The maximum absolute atomic E-state index is 10.9. The number of rotatable bonds is 5. The van der Waals surface area contributed by atoms with E-state index >= 15 is 0 Å². The molecule has 0 aromatic carbocycles. The third-order valence-corrected chi connectivity index (χ3v) is 2.79. The van der Waals surface area contributed by atoms with Gasteiger partial charge in [0.25, 0.3) is 0 Å². The third-order valence-electron chi connectivity index (χ3n) is 2.79. The average Bonchev–Trinajstić information content (AvgIpc) is 2.41. The summed E-state index contributed by atoms with van der Waals surface area (Å²) in [6, 6.07) is 0. The van der Waals surface area contributed by atoms with Gasteiger partial charge < -0.3 is 4.74 Å². The maximum atomic E-state index is 10.9. The summed E-state index contributed by atoms with van der Waals surface area (Å²) in [5.74, 6) is -0.0157. The predicted octanol–water partition coefficient (Wildman–Crippen LogP) is 2.91. The molecule has 1 rings (SSSR count). The van der Waals surface area contributed by atoms with E-state index in [1.54, 1.807) is 0 Å². The number of carbonyl (C=O) groups is 1. The molecule has 1 saturated heterocycles. The summed E-state index contributed by atoms with van der Waals surface area (Å²) in [5.41, 5.74) is 0.144. The molecule has 2 nitrogen and oxygen atoms in total. The Bertz CT molecular complexity index is 177. The van der Waals surface area contributed by atoms with E-state index in [4.69, 9.17) is 4.74 Å². The van der Waals surface area contributed by atoms with Gasteiger partial charge in [0.15, 0.2) is 0 Å². The van der Waals surface area contributed by atoms with Gasteiger partial charge in [0.2, 0.25) is 0 Å². The Hall–Kier alpha value is -0.530. The lowest BCUT2D eigenvalue weighted by atomic mass is 9.84. The van der Waals surface area contributed by atoms with Crippen LogP contribution < -0.4 is 0 Å². The first-order valence-electron chi connectivity index (χ1n) is 5.32. The van der Waals surface area contributed by atoms with Crippen molar-refractivity contribution in [2.45, 2.75) is 52.4 Å². The topological polar surface area (TPSA) is 26.3 Å². The Morgan fingerprint density at radius 2 is 2.15 bits per heavy atom. The highest BCUT2D eigenvalue weighted by molar-refractivity contribution is 5.72. The second-order valence-corrected chi connectivity index (χ2v) is 4.46. The van der Waals surface area contributed by atoms with Crippen LogP contribution in [0.15, 0.2) is 0 Å². The second-order valence-electron chi connectivity index (χ2n) is 4.46. The molecular formula is C11H20O2. The van der Waals surface area contributed by atoms with Crippen LogP contribution in [-0.2, 0) is 9.53 Å². The van der Waals surface area contributed by atoms with Crippen molar-refractivity contribution in [3.63, 3.8) is 0 Å². The van der Waals surface area contributed by atoms with Crippen LogP contribution in [0, 0.1) is 5.41 Å². The first kappa shape index (κ1) is 10.6. The number of hydrogen-bond acceptors (Lipinski definition) is 2. The van der Waals surface area contributed by atoms with Gasteiger partial charge in [-0.25, -0.2) is 0 Å². The normalized spacial score (nSPS) is 27.7. The average molecular weight is 184 g/mol. The lowest BCUT2D eigenvalue weighted by Crippen LogP contribution is -2.15. The van der Waals surface area contributed by atoms with Crippen molar-refractivity contribution in [3.05, 3.63) is 0 Å². The Balaban J connectivity index is 2.16. The zero-order valence-electron chi connectivity index (χ0n) is 8.77. The van der Waals surface area contributed by atoms with Gasteiger partial charge in [0.1, 0.15) is 0 Å². The Kier molecular flexibility index (Phi) is 3.76. The van der Waals surface area contributed by atoms with Gasteiger partial charge in [-0.05, 0) is 6.42 Å². The van der Waals surface area contributed by atoms with Crippen LogP contribution in [0.5, 0.6) is 0 Å². The smallest absolute Gasteiger partial charge is 0.306 e. The molecular weight excluding hydrogens is 164 g/mol. The van der Waals surface area contributed by atoms with Crippen molar-refractivity contribution in [1.82, 2.24) is 0 Å². The molecule has 1 aliphatic heterocycles. The molecule has 1 fully saturated rings. The molecule has 0 saturated carbocycles. The Labute approximate surface area is 80.7 Å². The molecule has 0 N–H and O–H groups in total. The molecule has 76 valence electrons. The van der Waals surface area contributed by atoms with E-state index < -0.39 is 0 Å². The van der Waals surface area contributed by atoms with Crippen molar-refractivity contribution in [2.24, 2.45) is 5.41 Å². The van der Waals surface area contributed by atoms with Gasteiger partial charge in [-0.1, -0.05) is 39.5 Å². The van der Waals surface area contributed by atoms with Gasteiger partial charge >= 0.3 is 5.97 Å². The van der Waals surface area contributed by atoms with E-state index in [-0.39, 0.29) is 11.4 Å². The highest BCUT2D eigenvalue weighted by Gasteiger charge is 2.35. The molecule has 0 aromatic heterocycles. The molecule has 0 radical (unpaired) electrons. The van der Waals surface area contributed by atoms with Gasteiger partial charge in [0.05, 0.1) is 13.0 Å². The Morgan fingerprint density at radius 3 is 2.69 bits per heavy atom. The molecule has 1 unspecified atom stereocenters. The molecule has 0 aliphatic carbocycles. The van der Waals surface area contributed by atoms with E-state index in [1.807, 2.05) is 0 Å². The summed E-state index contributed by atoms with van der Waals surface area (Å²) in [6.07, 6.45) is 6.87. The van der Waals surface area contributed by atoms with Crippen molar-refractivity contribution >= 4 is 5.97 Å². The van der Waals surface area contributed by atoms with Gasteiger partial charge in [-0.15, -0.1) is 0 Å². The minimum absolute atomic E-state index is 0.0157. The molecule has 1 aliphatic rings. The van der Waals surface area contributed by atoms with Crippen molar-refractivity contribution in [2.75, 3.05) is 6.61 Å². The quantitative estimate of drug-likeness (QED) is 0.485. The largest absolute Gasteiger partial charge is 0.465 e. The zero-order valence-corrected chi connectivity index (χ0v) is 8.77. The standard InChI is InChI=1S/C11H20O2/c1-3-4-5-6-7-11(2)8-10(12)13-9-11/h3-9H2,1-2H3. The van der Waals surface area contributed by atoms with Crippen molar-refractivity contribution < 1.29 is 9.53 Å². The number of carbonyl (C=O) groups excluding carboxylic acids is 1. The van der Waals surface area contributed by atoms with Crippen molar-refractivity contribution in [1.29, 1.82) is 0 Å². The minimum atomic E-state index is -0.0157. The number of cyclic esters (lactones) is 1.